The van der Waals surface area contributed by atoms with E-state index in [4.69, 9.17) is 4.74 Å². The van der Waals surface area contributed by atoms with Crippen LogP contribution < -0.4 is 10.6 Å². The Morgan fingerprint density at radius 3 is 2.76 bits per heavy atom. The number of piperidine rings is 1. The second-order valence-corrected chi connectivity index (χ2v) is 6.83. The number of amides is 2. The van der Waals surface area contributed by atoms with E-state index in [1.54, 1.807) is 37.2 Å². The number of aromatic nitrogens is 3. The molecule has 2 N–H and O–H groups in total. The second kappa shape index (κ2) is 9.81. The fraction of sp³-hybridized carbons (Fsp3) is 0.450. The lowest BCUT2D eigenvalue weighted by molar-refractivity contribution is 0.0943. The molecule has 1 saturated heterocycles. The highest BCUT2D eigenvalue weighted by atomic mass is 16.6. The molecule has 9 nitrogen and oxygen atoms in total. The summed E-state index contributed by atoms with van der Waals surface area (Å²) in [6.07, 6.45) is 4.70. The van der Waals surface area contributed by atoms with Gasteiger partial charge in [0.1, 0.15) is 17.3 Å². The number of hydrogen-bond acceptors (Lipinski definition) is 7. The molecular formula is C20H26N6O3. The van der Waals surface area contributed by atoms with Crippen LogP contribution in [0.5, 0.6) is 0 Å². The van der Waals surface area contributed by atoms with Gasteiger partial charge in [0, 0.05) is 44.1 Å². The molecule has 0 aliphatic carbocycles. The van der Waals surface area contributed by atoms with Crippen LogP contribution in [0.4, 0.5) is 10.6 Å². The minimum Gasteiger partial charge on any atom is -0.450 e. The Hall–Kier alpha value is -3.23. The summed E-state index contributed by atoms with van der Waals surface area (Å²) in [6.45, 7) is 5.56. The number of likely N-dealkylation sites (tertiary alicyclic amines) is 1. The van der Waals surface area contributed by atoms with Crippen molar-refractivity contribution in [2.45, 2.75) is 39.3 Å². The Balaban J connectivity index is 1.56. The number of carbonyl (C=O) groups excluding carboxylic acids is 2. The van der Waals surface area contributed by atoms with Crippen LogP contribution in [0.25, 0.3) is 0 Å². The summed E-state index contributed by atoms with van der Waals surface area (Å²) in [6, 6.07) is 5.55. The van der Waals surface area contributed by atoms with E-state index in [1.807, 2.05) is 12.1 Å². The van der Waals surface area contributed by atoms with Gasteiger partial charge in [-0.3, -0.25) is 9.78 Å². The lowest BCUT2D eigenvalue weighted by Gasteiger charge is -2.31. The molecule has 0 saturated carbocycles. The number of carbonyl (C=O) groups is 2. The average molecular weight is 398 g/mol. The zero-order valence-corrected chi connectivity index (χ0v) is 16.7. The molecule has 2 amide bonds. The third-order valence-electron chi connectivity index (χ3n) is 4.62. The molecule has 3 rings (SSSR count). The Labute approximate surface area is 169 Å². The summed E-state index contributed by atoms with van der Waals surface area (Å²) in [4.78, 5) is 38.7. The van der Waals surface area contributed by atoms with E-state index < -0.39 is 0 Å². The number of aryl methyl sites for hydroxylation is 1. The standard InChI is InChI=1S/C20H26N6O3/c1-3-29-20(28)26-9-6-16(7-10-26)25-18-11-17(23-14(2)24-18)19(27)22-13-15-5-4-8-21-12-15/h4-5,8,11-12,16H,3,6-7,9-10,13H2,1-2H3,(H,22,27)(H,23,24,25). The predicted octanol–water partition coefficient (Wildman–Crippen LogP) is 2.14. The third kappa shape index (κ3) is 5.87. The number of anilines is 1. The Morgan fingerprint density at radius 1 is 1.28 bits per heavy atom. The first-order chi connectivity index (χ1) is 14.0. The van der Waals surface area contributed by atoms with E-state index in [1.165, 1.54) is 0 Å². The van der Waals surface area contributed by atoms with Crippen molar-refractivity contribution in [3.8, 4) is 0 Å². The Bertz CT molecular complexity index is 837. The minimum atomic E-state index is -0.267. The fourth-order valence-electron chi connectivity index (χ4n) is 3.16. The molecule has 0 bridgehead atoms. The van der Waals surface area contributed by atoms with Crippen molar-refractivity contribution in [3.63, 3.8) is 0 Å². The van der Waals surface area contributed by atoms with Gasteiger partial charge >= 0.3 is 6.09 Å². The molecule has 0 atom stereocenters. The van der Waals surface area contributed by atoms with E-state index >= 15 is 0 Å². The van der Waals surface area contributed by atoms with Crippen molar-refractivity contribution in [1.29, 1.82) is 0 Å². The second-order valence-electron chi connectivity index (χ2n) is 6.83. The van der Waals surface area contributed by atoms with Crippen LogP contribution in [0.3, 0.4) is 0 Å². The van der Waals surface area contributed by atoms with E-state index in [0.29, 0.717) is 43.6 Å². The molecule has 1 aliphatic rings. The minimum absolute atomic E-state index is 0.168. The Morgan fingerprint density at radius 2 is 2.07 bits per heavy atom. The summed E-state index contributed by atoms with van der Waals surface area (Å²) in [7, 11) is 0. The molecule has 0 unspecified atom stereocenters. The predicted molar refractivity (Wildman–Crippen MR) is 107 cm³/mol. The summed E-state index contributed by atoms with van der Waals surface area (Å²) in [5, 5.41) is 6.21. The van der Waals surface area contributed by atoms with E-state index in [-0.39, 0.29) is 18.0 Å². The quantitative estimate of drug-likeness (QED) is 0.767. The molecule has 3 heterocycles. The maximum absolute atomic E-state index is 12.5. The van der Waals surface area contributed by atoms with Gasteiger partial charge in [-0.25, -0.2) is 14.8 Å². The maximum atomic E-state index is 12.5. The zero-order chi connectivity index (χ0) is 20.6. The first kappa shape index (κ1) is 20.5. The topological polar surface area (TPSA) is 109 Å². The molecule has 9 heteroatoms. The summed E-state index contributed by atoms with van der Waals surface area (Å²) >= 11 is 0. The number of hydrogen-bond donors (Lipinski definition) is 2. The largest absolute Gasteiger partial charge is 0.450 e. The third-order valence-corrected chi connectivity index (χ3v) is 4.62. The number of nitrogens with zero attached hydrogens (tertiary/aromatic N) is 4. The first-order valence-electron chi connectivity index (χ1n) is 9.76. The zero-order valence-electron chi connectivity index (χ0n) is 16.7. The molecule has 154 valence electrons. The molecule has 0 radical (unpaired) electrons. The lowest BCUT2D eigenvalue weighted by Crippen LogP contribution is -2.42. The van der Waals surface area contributed by atoms with Gasteiger partial charge in [0.25, 0.3) is 5.91 Å². The molecule has 29 heavy (non-hydrogen) atoms. The maximum Gasteiger partial charge on any atom is 0.409 e. The van der Waals surface area contributed by atoms with Crippen LogP contribution in [-0.4, -0.2) is 57.6 Å². The molecule has 1 aliphatic heterocycles. The highest BCUT2D eigenvalue weighted by Gasteiger charge is 2.24. The van der Waals surface area contributed by atoms with E-state index in [9.17, 15) is 9.59 Å². The summed E-state index contributed by atoms with van der Waals surface area (Å²) < 4.78 is 5.05. The number of ether oxygens (including phenoxy) is 1. The molecule has 0 spiro atoms. The normalized spacial score (nSPS) is 14.3. The van der Waals surface area contributed by atoms with Crippen LogP contribution in [0.1, 0.15) is 41.6 Å². The first-order valence-corrected chi connectivity index (χ1v) is 9.76. The van der Waals surface area contributed by atoms with Gasteiger partial charge in [0.2, 0.25) is 0 Å². The van der Waals surface area contributed by atoms with Gasteiger partial charge in [-0.15, -0.1) is 0 Å². The lowest BCUT2D eigenvalue weighted by atomic mass is 10.1. The van der Waals surface area contributed by atoms with Crippen molar-refractivity contribution >= 4 is 17.8 Å². The van der Waals surface area contributed by atoms with Crippen molar-refractivity contribution in [3.05, 3.63) is 47.7 Å². The molecule has 2 aromatic heterocycles. The number of pyridine rings is 1. The van der Waals surface area contributed by atoms with Crippen molar-refractivity contribution in [2.24, 2.45) is 0 Å². The highest BCUT2D eigenvalue weighted by molar-refractivity contribution is 5.92. The molecule has 0 aromatic carbocycles. The summed E-state index contributed by atoms with van der Waals surface area (Å²) in [5.41, 5.74) is 1.23. The average Bonchev–Trinajstić information content (AvgIpc) is 2.73. The highest BCUT2D eigenvalue weighted by Crippen LogP contribution is 2.17. The van der Waals surface area contributed by atoms with Crippen LogP contribution in [-0.2, 0) is 11.3 Å². The van der Waals surface area contributed by atoms with Crippen molar-refractivity contribution < 1.29 is 14.3 Å². The van der Waals surface area contributed by atoms with Crippen LogP contribution >= 0.6 is 0 Å². The smallest absolute Gasteiger partial charge is 0.409 e. The van der Waals surface area contributed by atoms with E-state index in [2.05, 4.69) is 25.6 Å². The van der Waals surface area contributed by atoms with Crippen LogP contribution in [0.15, 0.2) is 30.6 Å². The summed E-state index contributed by atoms with van der Waals surface area (Å²) in [5.74, 6) is 0.864. The van der Waals surface area contributed by atoms with Crippen molar-refractivity contribution in [1.82, 2.24) is 25.2 Å². The van der Waals surface area contributed by atoms with Gasteiger partial charge in [0.15, 0.2) is 0 Å². The van der Waals surface area contributed by atoms with Crippen molar-refractivity contribution in [2.75, 3.05) is 25.0 Å². The monoisotopic (exact) mass is 398 g/mol. The SMILES string of the molecule is CCOC(=O)N1CCC(Nc2cc(C(=O)NCc3cccnc3)nc(C)n2)CC1. The van der Waals surface area contributed by atoms with Crippen LogP contribution in [0, 0.1) is 6.92 Å². The molecular weight excluding hydrogens is 372 g/mol. The number of rotatable bonds is 6. The van der Waals surface area contributed by atoms with Crippen LogP contribution in [0.2, 0.25) is 0 Å². The van der Waals surface area contributed by atoms with Gasteiger partial charge in [-0.2, -0.15) is 0 Å². The van der Waals surface area contributed by atoms with E-state index in [0.717, 1.165) is 18.4 Å². The van der Waals surface area contributed by atoms with Gasteiger partial charge < -0.3 is 20.3 Å². The Kier molecular flexibility index (Phi) is 6.94. The number of nitrogens with one attached hydrogen (secondary N) is 2. The van der Waals surface area contributed by atoms with Gasteiger partial charge in [-0.05, 0) is 38.3 Å². The fourth-order valence-corrected chi connectivity index (χ4v) is 3.16. The molecule has 1 fully saturated rings. The van der Waals surface area contributed by atoms with Gasteiger partial charge in [-0.1, -0.05) is 6.07 Å². The molecule has 2 aromatic rings. The van der Waals surface area contributed by atoms with Gasteiger partial charge in [0.05, 0.1) is 6.61 Å².